The number of hydrogen-bond donors (Lipinski definition) is 1. The molecule has 1 aromatic rings. The van der Waals surface area contributed by atoms with Crippen LogP contribution in [0.4, 0.5) is 0 Å². The molecule has 1 fully saturated rings. The Morgan fingerprint density at radius 3 is 2.59 bits per heavy atom. The summed E-state index contributed by atoms with van der Waals surface area (Å²) < 4.78 is 4.92. The van der Waals surface area contributed by atoms with Crippen LogP contribution in [0.15, 0.2) is 30.3 Å². The molecule has 1 amide bonds. The predicted octanol–water partition coefficient (Wildman–Crippen LogP) is 2.22. The zero-order valence-electron chi connectivity index (χ0n) is 10.2. The summed E-state index contributed by atoms with van der Waals surface area (Å²) in [5.74, 6) is 0.0791. The average Bonchev–Trinajstić information content (AvgIpc) is 2.32. The third-order valence-corrected chi connectivity index (χ3v) is 3.45. The summed E-state index contributed by atoms with van der Waals surface area (Å²) in [6.45, 7) is 0.483. The second-order valence-corrected chi connectivity index (χ2v) is 4.59. The van der Waals surface area contributed by atoms with Crippen molar-refractivity contribution in [3.8, 4) is 0 Å². The molecule has 0 bridgehead atoms. The second-order valence-electron chi connectivity index (χ2n) is 4.59. The Balaban J connectivity index is 2.03. The van der Waals surface area contributed by atoms with E-state index in [1.165, 1.54) is 12.0 Å². The molecule has 0 atom stereocenters. The fourth-order valence-electron chi connectivity index (χ4n) is 2.30. The normalized spacial score (nSPS) is 17.2. The van der Waals surface area contributed by atoms with Crippen molar-refractivity contribution in [2.45, 2.75) is 31.2 Å². The first kappa shape index (κ1) is 12.1. The van der Waals surface area contributed by atoms with E-state index in [-0.39, 0.29) is 11.4 Å². The average molecular weight is 233 g/mol. The lowest BCUT2D eigenvalue weighted by molar-refractivity contribution is -0.125. The molecule has 3 nitrogen and oxygen atoms in total. The van der Waals surface area contributed by atoms with Crippen LogP contribution in [0.5, 0.6) is 0 Å². The van der Waals surface area contributed by atoms with Crippen molar-refractivity contribution in [2.75, 3.05) is 13.7 Å². The zero-order valence-corrected chi connectivity index (χ0v) is 10.2. The highest BCUT2D eigenvalue weighted by atomic mass is 16.5. The summed E-state index contributed by atoms with van der Waals surface area (Å²) in [4.78, 5) is 11.8. The van der Waals surface area contributed by atoms with Crippen LogP contribution >= 0.6 is 0 Å². The van der Waals surface area contributed by atoms with E-state index in [1.54, 1.807) is 7.11 Å². The smallest absolute Gasteiger partial charge is 0.223 e. The summed E-state index contributed by atoms with van der Waals surface area (Å²) >= 11 is 0. The fraction of sp³-hybridized carbons (Fsp3) is 0.500. The first-order valence-corrected chi connectivity index (χ1v) is 6.12. The molecule has 0 aliphatic heterocycles. The zero-order chi connectivity index (χ0) is 12.1. The Bertz CT molecular complexity index is 371. The minimum atomic E-state index is -0.119. The van der Waals surface area contributed by atoms with Gasteiger partial charge in [-0.2, -0.15) is 0 Å². The van der Waals surface area contributed by atoms with Gasteiger partial charge in [0, 0.05) is 13.5 Å². The SMILES string of the molecule is COCCC(=O)NC1(c2ccccc2)CCC1. The Labute approximate surface area is 102 Å². The van der Waals surface area contributed by atoms with Crippen LogP contribution in [0.3, 0.4) is 0 Å². The third kappa shape index (κ3) is 2.67. The van der Waals surface area contributed by atoms with E-state index >= 15 is 0 Å². The van der Waals surface area contributed by atoms with E-state index in [9.17, 15) is 4.79 Å². The van der Waals surface area contributed by atoms with E-state index in [0.29, 0.717) is 13.0 Å². The number of carbonyl (C=O) groups excluding carboxylic acids is 1. The summed E-state index contributed by atoms with van der Waals surface area (Å²) in [5, 5.41) is 3.16. The topological polar surface area (TPSA) is 38.3 Å². The Morgan fingerprint density at radius 1 is 1.35 bits per heavy atom. The van der Waals surface area contributed by atoms with Crippen molar-refractivity contribution in [3.05, 3.63) is 35.9 Å². The molecule has 1 saturated carbocycles. The molecule has 1 N–H and O–H groups in total. The summed E-state index contributed by atoms with van der Waals surface area (Å²) in [6, 6.07) is 10.2. The van der Waals surface area contributed by atoms with E-state index in [1.807, 2.05) is 18.2 Å². The highest BCUT2D eigenvalue weighted by Crippen LogP contribution is 2.41. The highest BCUT2D eigenvalue weighted by molar-refractivity contribution is 5.77. The number of hydrogen-bond acceptors (Lipinski definition) is 2. The van der Waals surface area contributed by atoms with Gasteiger partial charge in [0.15, 0.2) is 0 Å². The standard InChI is InChI=1S/C14H19NO2/c1-17-11-8-13(16)15-14(9-5-10-14)12-6-3-2-4-7-12/h2-4,6-7H,5,8-11H2,1H3,(H,15,16). The van der Waals surface area contributed by atoms with Gasteiger partial charge in [0.05, 0.1) is 12.1 Å². The number of methoxy groups -OCH3 is 1. The largest absolute Gasteiger partial charge is 0.384 e. The van der Waals surface area contributed by atoms with Crippen LogP contribution < -0.4 is 5.32 Å². The molecule has 17 heavy (non-hydrogen) atoms. The lowest BCUT2D eigenvalue weighted by atomic mass is 9.71. The maximum atomic E-state index is 11.8. The monoisotopic (exact) mass is 233 g/mol. The van der Waals surface area contributed by atoms with Crippen molar-refractivity contribution in [1.82, 2.24) is 5.32 Å². The van der Waals surface area contributed by atoms with Crippen molar-refractivity contribution >= 4 is 5.91 Å². The van der Waals surface area contributed by atoms with E-state index in [2.05, 4.69) is 17.4 Å². The number of nitrogens with one attached hydrogen (secondary N) is 1. The molecule has 0 spiro atoms. The Morgan fingerprint density at radius 2 is 2.06 bits per heavy atom. The number of rotatable bonds is 5. The predicted molar refractivity (Wildman–Crippen MR) is 66.6 cm³/mol. The van der Waals surface area contributed by atoms with E-state index < -0.39 is 0 Å². The number of ether oxygens (including phenoxy) is 1. The number of benzene rings is 1. The van der Waals surface area contributed by atoms with Crippen LogP contribution in [0, 0.1) is 0 Å². The first-order chi connectivity index (χ1) is 8.27. The molecule has 1 aromatic carbocycles. The molecule has 0 unspecified atom stereocenters. The number of carbonyl (C=O) groups is 1. The first-order valence-electron chi connectivity index (χ1n) is 6.12. The van der Waals surface area contributed by atoms with Crippen molar-refractivity contribution < 1.29 is 9.53 Å². The van der Waals surface area contributed by atoms with Gasteiger partial charge in [0.25, 0.3) is 0 Å². The third-order valence-electron chi connectivity index (χ3n) is 3.45. The maximum absolute atomic E-state index is 11.8. The molecule has 1 aliphatic carbocycles. The molecular weight excluding hydrogens is 214 g/mol. The molecule has 0 aromatic heterocycles. The lowest BCUT2D eigenvalue weighted by Gasteiger charge is -2.43. The number of amides is 1. The molecule has 1 aliphatic rings. The minimum Gasteiger partial charge on any atom is -0.384 e. The van der Waals surface area contributed by atoms with Gasteiger partial charge < -0.3 is 10.1 Å². The fourth-order valence-corrected chi connectivity index (χ4v) is 2.30. The van der Waals surface area contributed by atoms with Gasteiger partial charge in [0.1, 0.15) is 0 Å². The summed E-state index contributed by atoms with van der Waals surface area (Å²) in [7, 11) is 1.61. The molecule has 3 heteroatoms. The van der Waals surface area contributed by atoms with Crippen molar-refractivity contribution in [3.63, 3.8) is 0 Å². The Hall–Kier alpha value is -1.35. The van der Waals surface area contributed by atoms with Gasteiger partial charge in [-0.3, -0.25) is 4.79 Å². The van der Waals surface area contributed by atoms with Gasteiger partial charge in [-0.25, -0.2) is 0 Å². The van der Waals surface area contributed by atoms with Crippen LogP contribution in [0.2, 0.25) is 0 Å². The highest BCUT2D eigenvalue weighted by Gasteiger charge is 2.39. The van der Waals surface area contributed by atoms with Crippen LogP contribution in [0.25, 0.3) is 0 Å². The Kier molecular flexibility index (Phi) is 3.79. The van der Waals surface area contributed by atoms with Crippen molar-refractivity contribution in [1.29, 1.82) is 0 Å². The van der Waals surface area contributed by atoms with E-state index in [0.717, 1.165) is 12.8 Å². The second kappa shape index (κ2) is 5.32. The van der Waals surface area contributed by atoms with Gasteiger partial charge in [-0.05, 0) is 24.8 Å². The van der Waals surface area contributed by atoms with Gasteiger partial charge in [-0.1, -0.05) is 30.3 Å². The van der Waals surface area contributed by atoms with Crippen LogP contribution in [-0.2, 0) is 15.1 Å². The molecule has 0 saturated heterocycles. The molecular formula is C14H19NO2. The maximum Gasteiger partial charge on any atom is 0.223 e. The molecule has 0 heterocycles. The summed E-state index contributed by atoms with van der Waals surface area (Å²) in [6.07, 6.45) is 3.69. The summed E-state index contributed by atoms with van der Waals surface area (Å²) in [5.41, 5.74) is 1.10. The van der Waals surface area contributed by atoms with Gasteiger partial charge >= 0.3 is 0 Å². The quantitative estimate of drug-likeness (QED) is 0.847. The molecule has 0 radical (unpaired) electrons. The molecule has 2 rings (SSSR count). The van der Waals surface area contributed by atoms with Gasteiger partial charge in [-0.15, -0.1) is 0 Å². The van der Waals surface area contributed by atoms with Crippen LogP contribution in [-0.4, -0.2) is 19.6 Å². The minimum absolute atomic E-state index is 0.0791. The lowest BCUT2D eigenvalue weighted by Crippen LogP contribution is -2.50. The van der Waals surface area contributed by atoms with Crippen LogP contribution in [0.1, 0.15) is 31.2 Å². The van der Waals surface area contributed by atoms with E-state index in [4.69, 9.17) is 4.74 Å². The van der Waals surface area contributed by atoms with Gasteiger partial charge in [0.2, 0.25) is 5.91 Å². The van der Waals surface area contributed by atoms with Crippen molar-refractivity contribution in [2.24, 2.45) is 0 Å². The molecule has 92 valence electrons.